The van der Waals surface area contributed by atoms with Crippen molar-refractivity contribution in [3.63, 3.8) is 0 Å². The summed E-state index contributed by atoms with van der Waals surface area (Å²) in [7, 11) is 5.92. The van der Waals surface area contributed by atoms with E-state index in [4.69, 9.17) is 30.5 Å². The van der Waals surface area contributed by atoms with Crippen molar-refractivity contribution < 1.29 is 23.7 Å². The standard InChI is InChI=1S/C22H22ClN3O6/c1-29-16-6-5-12(7-15(16)23)10-24-21-14(11-25-22(28)26-21)19(27)13-8-17(30-2)20(32-4)18(9-13)31-3/h5-9,11H,10H2,1-4H3,(H2,24,25,26,28). The van der Waals surface area contributed by atoms with E-state index in [1.54, 1.807) is 12.1 Å². The molecule has 0 radical (unpaired) electrons. The zero-order valence-electron chi connectivity index (χ0n) is 17.9. The van der Waals surface area contributed by atoms with Gasteiger partial charge in [0.2, 0.25) is 5.75 Å². The van der Waals surface area contributed by atoms with Crippen molar-refractivity contribution in [2.24, 2.45) is 0 Å². The van der Waals surface area contributed by atoms with E-state index < -0.39 is 11.5 Å². The largest absolute Gasteiger partial charge is 0.495 e. The third kappa shape index (κ3) is 4.78. The topological polar surface area (TPSA) is 112 Å². The number of nitrogens with zero attached hydrogens (tertiary/aromatic N) is 1. The molecule has 0 amide bonds. The van der Waals surface area contributed by atoms with Gasteiger partial charge in [-0.25, -0.2) is 9.78 Å². The Kier molecular flexibility index (Phi) is 7.21. The third-order valence-corrected chi connectivity index (χ3v) is 4.96. The van der Waals surface area contributed by atoms with Gasteiger partial charge in [0.1, 0.15) is 11.6 Å². The van der Waals surface area contributed by atoms with Crippen LogP contribution in [0, 0.1) is 0 Å². The molecule has 0 spiro atoms. The van der Waals surface area contributed by atoms with E-state index >= 15 is 0 Å². The maximum Gasteiger partial charge on any atom is 0.346 e. The number of rotatable bonds is 9. The Morgan fingerprint density at radius 3 is 2.22 bits per heavy atom. The molecule has 0 saturated carbocycles. The third-order valence-electron chi connectivity index (χ3n) is 4.67. The number of aromatic amines is 1. The van der Waals surface area contributed by atoms with Crippen LogP contribution >= 0.6 is 11.6 Å². The van der Waals surface area contributed by atoms with Gasteiger partial charge in [0.05, 0.1) is 39.0 Å². The number of benzene rings is 2. The molecule has 0 fully saturated rings. The molecule has 2 N–H and O–H groups in total. The number of ether oxygens (including phenoxy) is 4. The number of ketones is 1. The second kappa shape index (κ2) is 10.1. The monoisotopic (exact) mass is 459 g/mol. The zero-order valence-corrected chi connectivity index (χ0v) is 18.7. The van der Waals surface area contributed by atoms with Crippen molar-refractivity contribution in [2.45, 2.75) is 6.54 Å². The summed E-state index contributed by atoms with van der Waals surface area (Å²) in [5.74, 6) is 1.38. The summed E-state index contributed by atoms with van der Waals surface area (Å²) >= 11 is 6.17. The highest BCUT2D eigenvalue weighted by Crippen LogP contribution is 2.39. The summed E-state index contributed by atoms with van der Waals surface area (Å²) in [5.41, 5.74) is 0.656. The van der Waals surface area contributed by atoms with Crippen LogP contribution < -0.4 is 30.0 Å². The average molecular weight is 460 g/mol. The van der Waals surface area contributed by atoms with Gasteiger partial charge >= 0.3 is 5.69 Å². The molecule has 0 saturated heterocycles. The van der Waals surface area contributed by atoms with E-state index in [0.717, 1.165) is 5.56 Å². The molecular formula is C22H22ClN3O6. The first-order chi connectivity index (χ1) is 15.4. The van der Waals surface area contributed by atoms with Gasteiger partial charge in [0.15, 0.2) is 17.3 Å². The predicted molar refractivity (Wildman–Crippen MR) is 120 cm³/mol. The Labute approximate surface area is 189 Å². The quantitative estimate of drug-likeness (QED) is 0.469. The Morgan fingerprint density at radius 1 is 1.00 bits per heavy atom. The molecular weight excluding hydrogens is 438 g/mol. The Bertz CT molecular complexity index is 1170. The first kappa shape index (κ1) is 23.0. The SMILES string of the molecule is COc1ccc(CNc2[nH]c(=O)ncc2C(=O)c2cc(OC)c(OC)c(OC)c2)cc1Cl. The van der Waals surface area contributed by atoms with E-state index in [2.05, 4.69) is 15.3 Å². The second-order valence-electron chi connectivity index (χ2n) is 6.54. The minimum Gasteiger partial charge on any atom is -0.495 e. The smallest absolute Gasteiger partial charge is 0.346 e. The molecule has 3 aromatic rings. The number of H-pyrrole nitrogens is 1. The maximum absolute atomic E-state index is 13.3. The molecule has 0 aliphatic rings. The molecule has 0 aliphatic heterocycles. The van der Waals surface area contributed by atoms with Gasteiger partial charge in [0, 0.05) is 18.3 Å². The van der Waals surface area contributed by atoms with Crippen LogP contribution in [0.2, 0.25) is 5.02 Å². The summed E-state index contributed by atoms with van der Waals surface area (Å²) in [6.45, 7) is 0.291. The fourth-order valence-electron chi connectivity index (χ4n) is 3.08. The molecule has 0 aliphatic carbocycles. The van der Waals surface area contributed by atoms with E-state index in [1.807, 2.05) is 6.07 Å². The number of hydrogen-bond acceptors (Lipinski definition) is 8. The molecule has 0 bridgehead atoms. The van der Waals surface area contributed by atoms with Crippen LogP contribution in [0.25, 0.3) is 0 Å². The Hall–Kier alpha value is -3.72. The lowest BCUT2D eigenvalue weighted by molar-refractivity contribution is 0.103. The highest BCUT2D eigenvalue weighted by atomic mass is 35.5. The molecule has 1 heterocycles. The highest BCUT2D eigenvalue weighted by molar-refractivity contribution is 6.32. The fourth-order valence-corrected chi connectivity index (χ4v) is 3.36. The highest BCUT2D eigenvalue weighted by Gasteiger charge is 2.21. The van der Waals surface area contributed by atoms with Gasteiger partial charge in [-0.3, -0.25) is 9.78 Å². The minimum atomic E-state index is -0.596. The minimum absolute atomic E-state index is 0.165. The van der Waals surface area contributed by atoms with Gasteiger partial charge in [0.25, 0.3) is 0 Å². The van der Waals surface area contributed by atoms with Crippen molar-refractivity contribution in [1.82, 2.24) is 9.97 Å². The normalized spacial score (nSPS) is 10.4. The number of carbonyl (C=O) groups is 1. The number of nitrogens with one attached hydrogen (secondary N) is 2. The molecule has 32 heavy (non-hydrogen) atoms. The van der Waals surface area contributed by atoms with Gasteiger partial charge in [-0.2, -0.15) is 0 Å². The van der Waals surface area contributed by atoms with Gasteiger partial charge in [-0.05, 0) is 29.8 Å². The summed E-state index contributed by atoms with van der Waals surface area (Å²) in [4.78, 5) is 31.4. The maximum atomic E-state index is 13.3. The number of carbonyl (C=O) groups excluding carboxylic acids is 1. The number of hydrogen-bond donors (Lipinski definition) is 2. The second-order valence-corrected chi connectivity index (χ2v) is 6.95. The van der Waals surface area contributed by atoms with Gasteiger partial charge in [-0.15, -0.1) is 0 Å². The van der Waals surface area contributed by atoms with Crippen LogP contribution in [0.15, 0.2) is 41.3 Å². The first-order valence-electron chi connectivity index (χ1n) is 9.42. The molecule has 3 rings (SSSR count). The molecule has 0 unspecified atom stereocenters. The summed E-state index contributed by atoms with van der Waals surface area (Å²) in [6.07, 6.45) is 1.22. The lowest BCUT2D eigenvalue weighted by Gasteiger charge is -2.15. The molecule has 0 atom stereocenters. The number of aromatic nitrogens is 2. The summed E-state index contributed by atoms with van der Waals surface area (Å²) in [5, 5.41) is 3.51. The van der Waals surface area contributed by atoms with Crippen LogP contribution in [0.1, 0.15) is 21.5 Å². The Balaban J connectivity index is 1.95. The molecule has 10 heteroatoms. The number of halogens is 1. The average Bonchev–Trinajstić information content (AvgIpc) is 2.81. The van der Waals surface area contributed by atoms with Crippen molar-refractivity contribution in [3.8, 4) is 23.0 Å². The molecule has 168 valence electrons. The Morgan fingerprint density at radius 2 is 1.66 bits per heavy atom. The summed E-state index contributed by atoms with van der Waals surface area (Å²) in [6, 6.07) is 8.34. The number of methoxy groups -OCH3 is 4. The lowest BCUT2D eigenvalue weighted by atomic mass is 10.0. The van der Waals surface area contributed by atoms with E-state index in [0.29, 0.717) is 34.6 Å². The zero-order chi connectivity index (χ0) is 23.3. The van der Waals surface area contributed by atoms with E-state index in [9.17, 15) is 9.59 Å². The summed E-state index contributed by atoms with van der Waals surface area (Å²) < 4.78 is 21.1. The molecule has 1 aromatic heterocycles. The first-order valence-corrected chi connectivity index (χ1v) is 9.80. The molecule has 9 nitrogen and oxygen atoms in total. The van der Waals surface area contributed by atoms with Crippen LogP contribution in [-0.4, -0.2) is 44.2 Å². The van der Waals surface area contributed by atoms with Crippen LogP contribution in [0.3, 0.4) is 0 Å². The van der Waals surface area contributed by atoms with Crippen LogP contribution in [-0.2, 0) is 6.54 Å². The molecule has 2 aromatic carbocycles. The van der Waals surface area contributed by atoms with Crippen LogP contribution in [0.5, 0.6) is 23.0 Å². The van der Waals surface area contributed by atoms with Crippen molar-refractivity contribution in [1.29, 1.82) is 0 Å². The van der Waals surface area contributed by atoms with Gasteiger partial charge in [-0.1, -0.05) is 17.7 Å². The van der Waals surface area contributed by atoms with E-state index in [-0.39, 0.29) is 16.9 Å². The van der Waals surface area contributed by atoms with Crippen LogP contribution in [0.4, 0.5) is 5.82 Å². The predicted octanol–water partition coefficient (Wildman–Crippen LogP) is 3.30. The number of anilines is 1. The van der Waals surface area contributed by atoms with E-state index in [1.165, 1.54) is 46.8 Å². The fraction of sp³-hybridized carbons (Fsp3) is 0.227. The van der Waals surface area contributed by atoms with Crippen molar-refractivity contribution in [2.75, 3.05) is 33.8 Å². The van der Waals surface area contributed by atoms with Crippen molar-refractivity contribution in [3.05, 3.63) is 68.7 Å². The van der Waals surface area contributed by atoms with Crippen molar-refractivity contribution >= 4 is 23.2 Å². The van der Waals surface area contributed by atoms with Gasteiger partial charge < -0.3 is 24.3 Å². The lowest BCUT2D eigenvalue weighted by Crippen LogP contribution is -2.18.